The fourth-order valence-corrected chi connectivity index (χ4v) is 8.92. The largest absolute Gasteiger partial charge is 0.462 e. The molecule has 0 aliphatic heterocycles. The Balaban J connectivity index is 4.40. The van der Waals surface area contributed by atoms with Gasteiger partial charge in [0, 0.05) is 19.3 Å². The summed E-state index contributed by atoms with van der Waals surface area (Å²) in [5.74, 6) is -0.962. The molecule has 0 amide bonds. The maximum absolute atomic E-state index is 12.9. The van der Waals surface area contributed by atoms with Gasteiger partial charge in [-0.1, -0.05) is 295 Å². The zero-order chi connectivity index (χ0) is 58.5. The Morgan fingerprint density at radius 2 is 0.481 bits per heavy atom. The van der Waals surface area contributed by atoms with Crippen LogP contribution in [0.1, 0.15) is 290 Å². The minimum atomic E-state index is -0.809. The molecule has 6 nitrogen and oxygen atoms in total. The summed E-state index contributed by atoms with van der Waals surface area (Å²) in [7, 11) is 0. The van der Waals surface area contributed by atoms with Gasteiger partial charge in [0.15, 0.2) is 6.10 Å². The molecule has 0 radical (unpaired) electrons. The fourth-order valence-electron chi connectivity index (χ4n) is 8.92. The maximum Gasteiger partial charge on any atom is 0.306 e. The van der Waals surface area contributed by atoms with E-state index in [-0.39, 0.29) is 31.1 Å². The van der Waals surface area contributed by atoms with Crippen LogP contribution in [0.5, 0.6) is 0 Å². The maximum atomic E-state index is 12.9. The number of hydrogen-bond acceptors (Lipinski definition) is 6. The van der Waals surface area contributed by atoms with E-state index in [2.05, 4.69) is 167 Å². The van der Waals surface area contributed by atoms with E-state index < -0.39 is 6.10 Å². The van der Waals surface area contributed by atoms with Crippen LogP contribution in [-0.4, -0.2) is 37.2 Å². The molecule has 6 heteroatoms. The Morgan fingerprint density at radius 3 is 0.753 bits per heavy atom. The summed E-state index contributed by atoms with van der Waals surface area (Å²) < 4.78 is 16.9. The van der Waals surface area contributed by atoms with Gasteiger partial charge in [-0.15, -0.1) is 0 Å². The quantitative estimate of drug-likeness (QED) is 0.0261. The highest BCUT2D eigenvalue weighted by Crippen LogP contribution is 2.16. The van der Waals surface area contributed by atoms with Crippen LogP contribution in [0.2, 0.25) is 0 Å². The summed E-state index contributed by atoms with van der Waals surface area (Å²) in [6.07, 6.45) is 97.2. The lowest BCUT2D eigenvalue weighted by Crippen LogP contribution is -2.30. The first kappa shape index (κ1) is 76.3. The highest BCUT2D eigenvalue weighted by Gasteiger charge is 2.19. The van der Waals surface area contributed by atoms with Gasteiger partial charge in [-0.25, -0.2) is 0 Å². The first-order valence-electron chi connectivity index (χ1n) is 33.3. The Morgan fingerprint density at radius 1 is 0.259 bits per heavy atom. The normalized spacial score (nSPS) is 13.1. The first-order valence-corrected chi connectivity index (χ1v) is 33.3. The molecule has 0 aromatic carbocycles. The van der Waals surface area contributed by atoms with Gasteiger partial charge in [0.25, 0.3) is 0 Å². The Kier molecular flexibility index (Phi) is 63.9. The second-order valence-electron chi connectivity index (χ2n) is 21.6. The van der Waals surface area contributed by atoms with Crippen LogP contribution >= 0.6 is 0 Å². The minimum absolute atomic E-state index is 0.106. The van der Waals surface area contributed by atoms with Gasteiger partial charge in [0.05, 0.1) is 0 Å². The third-order valence-electron chi connectivity index (χ3n) is 13.8. The molecule has 0 heterocycles. The molecule has 1 unspecified atom stereocenters. The molecule has 1 atom stereocenters. The number of carbonyl (C=O) groups is 3. The lowest BCUT2D eigenvalue weighted by Gasteiger charge is -2.18. The second kappa shape index (κ2) is 67.8. The fraction of sp³-hybridized carbons (Fsp3) is 0.640. The van der Waals surface area contributed by atoms with Crippen LogP contribution in [0.4, 0.5) is 0 Å². The van der Waals surface area contributed by atoms with Crippen molar-refractivity contribution in [3.63, 3.8) is 0 Å². The Labute approximate surface area is 499 Å². The van der Waals surface area contributed by atoms with E-state index >= 15 is 0 Å². The van der Waals surface area contributed by atoms with E-state index in [4.69, 9.17) is 14.2 Å². The molecular weight excluding hydrogens is 997 g/mol. The molecule has 0 aromatic rings. The van der Waals surface area contributed by atoms with E-state index in [0.29, 0.717) is 19.3 Å². The highest BCUT2D eigenvalue weighted by atomic mass is 16.6. The van der Waals surface area contributed by atoms with Crippen molar-refractivity contribution in [2.45, 2.75) is 297 Å². The first-order chi connectivity index (χ1) is 40.0. The predicted octanol–water partition coefficient (Wildman–Crippen LogP) is 23.1. The molecule has 0 rings (SSSR count). The van der Waals surface area contributed by atoms with Crippen LogP contribution in [0, 0.1) is 0 Å². The average Bonchev–Trinajstić information content (AvgIpc) is 3.46. The molecule has 0 N–H and O–H groups in total. The lowest BCUT2D eigenvalue weighted by molar-refractivity contribution is -0.167. The van der Waals surface area contributed by atoms with Crippen molar-refractivity contribution < 1.29 is 28.6 Å². The van der Waals surface area contributed by atoms with Crippen molar-refractivity contribution in [1.82, 2.24) is 0 Å². The number of carbonyl (C=O) groups excluding carboxylic acids is 3. The third-order valence-corrected chi connectivity index (χ3v) is 13.8. The van der Waals surface area contributed by atoms with Crippen molar-refractivity contribution in [3.8, 4) is 0 Å². The van der Waals surface area contributed by atoms with Gasteiger partial charge in [-0.2, -0.15) is 0 Å². The molecule has 0 fully saturated rings. The third kappa shape index (κ3) is 66.0. The SMILES string of the molecule is CC/C=C\C/C=C\C/C=C\C/C=C\C/C=C\C/C=C\C/C=C\C/C=C\C/C=C\CCCCCC(=O)OCC(COC(=O)CCCCC/C=C\C/C=C\C/C=C\CC)OC(=O)CCCCCCCCCCCCCCCCCCCCC. The minimum Gasteiger partial charge on any atom is -0.462 e. The molecule has 81 heavy (non-hydrogen) atoms. The topological polar surface area (TPSA) is 78.9 Å². The van der Waals surface area contributed by atoms with Gasteiger partial charge < -0.3 is 14.2 Å². The predicted molar refractivity (Wildman–Crippen MR) is 352 cm³/mol. The monoisotopic (exact) mass is 1120 g/mol. The number of ether oxygens (including phenoxy) is 3. The van der Waals surface area contributed by atoms with E-state index in [1.165, 1.54) is 103 Å². The summed E-state index contributed by atoms with van der Waals surface area (Å²) in [6, 6.07) is 0. The van der Waals surface area contributed by atoms with E-state index in [9.17, 15) is 14.4 Å². The summed E-state index contributed by atoms with van der Waals surface area (Å²) in [5.41, 5.74) is 0. The molecule has 0 aliphatic carbocycles. The Bertz CT molecular complexity index is 1760. The number of unbranched alkanes of at least 4 members (excludes halogenated alkanes) is 24. The number of hydrogen-bond donors (Lipinski definition) is 0. The van der Waals surface area contributed by atoms with Crippen molar-refractivity contribution in [2.24, 2.45) is 0 Å². The lowest BCUT2D eigenvalue weighted by atomic mass is 10.0. The molecule has 0 saturated heterocycles. The van der Waals surface area contributed by atoms with Crippen LogP contribution in [-0.2, 0) is 28.6 Å². The molecule has 0 bridgehead atoms. The molecular formula is C75H122O6. The van der Waals surface area contributed by atoms with Crippen molar-refractivity contribution in [3.05, 3.63) is 146 Å². The molecule has 0 saturated carbocycles. The number of esters is 3. The van der Waals surface area contributed by atoms with Gasteiger partial charge >= 0.3 is 17.9 Å². The van der Waals surface area contributed by atoms with E-state index in [0.717, 1.165) is 148 Å². The molecule has 0 spiro atoms. The van der Waals surface area contributed by atoms with Gasteiger partial charge in [-0.3, -0.25) is 14.4 Å². The van der Waals surface area contributed by atoms with Crippen LogP contribution in [0.25, 0.3) is 0 Å². The summed E-state index contributed by atoms with van der Waals surface area (Å²) in [6.45, 7) is 6.37. The highest BCUT2D eigenvalue weighted by molar-refractivity contribution is 5.71. The van der Waals surface area contributed by atoms with Crippen LogP contribution in [0.3, 0.4) is 0 Å². The van der Waals surface area contributed by atoms with Gasteiger partial charge in [0.2, 0.25) is 0 Å². The number of rotatable bonds is 59. The summed E-state index contributed by atoms with van der Waals surface area (Å²) in [5, 5.41) is 0. The Hall–Kier alpha value is -4.71. The zero-order valence-electron chi connectivity index (χ0n) is 52.5. The van der Waals surface area contributed by atoms with Crippen molar-refractivity contribution in [2.75, 3.05) is 13.2 Å². The molecule has 0 aliphatic rings. The van der Waals surface area contributed by atoms with Crippen molar-refractivity contribution in [1.29, 1.82) is 0 Å². The molecule has 458 valence electrons. The smallest absolute Gasteiger partial charge is 0.306 e. The zero-order valence-corrected chi connectivity index (χ0v) is 52.5. The van der Waals surface area contributed by atoms with Gasteiger partial charge in [0.1, 0.15) is 13.2 Å². The van der Waals surface area contributed by atoms with Crippen LogP contribution in [0.15, 0.2) is 146 Å². The number of allylic oxidation sites excluding steroid dienone is 24. The summed E-state index contributed by atoms with van der Waals surface area (Å²) >= 11 is 0. The molecule has 0 aromatic heterocycles. The standard InChI is InChI=1S/C75H122O6/c1-4-7-10-13-16-19-22-25-27-29-31-32-33-34-35-36-37-38-39-40-41-42-44-45-47-50-53-56-59-62-65-68-74(77)80-71-72(70-79-73(76)67-64-61-58-55-52-49-24-21-18-15-12-9-6-3)81-75(78)69-66-63-60-57-54-51-48-46-43-30-28-26-23-20-17-14-11-8-5-2/h7,9-10,12,16,18-19,21,25,27,31-32,34-35,37-38,40-41,44-45,49-50,52-53,72H,4-6,8,11,13-15,17,20,22-24,26,28-30,33,36,39,42-43,46-48,51,54-71H2,1-3H3/b10-7-,12-9-,19-16-,21-18-,27-25-,32-31-,35-34-,38-37-,41-40-,45-44-,52-49-,53-50-. The van der Waals surface area contributed by atoms with E-state index in [1.54, 1.807) is 0 Å². The second-order valence-corrected chi connectivity index (χ2v) is 21.6. The van der Waals surface area contributed by atoms with Crippen molar-refractivity contribution >= 4 is 17.9 Å². The van der Waals surface area contributed by atoms with E-state index in [1.807, 2.05) is 0 Å². The van der Waals surface area contributed by atoms with Gasteiger partial charge in [-0.05, 0) is 122 Å². The van der Waals surface area contributed by atoms with Crippen LogP contribution < -0.4 is 0 Å². The summed E-state index contributed by atoms with van der Waals surface area (Å²) in [4.78, 5) is 38.3. The average molecular weight is 1120 g/mol.